The van der Waals surface area contributed by atoms with E-state index >= 15 is 0 Å². The second kappa shape index (κ2) is 6.06. The van der Waals surface area contributed by atoms with E-state index in [4.69, 9.17) is 0 Å². The fourth-order valence-corrected chi connectivity index (χ4v) is 4.71. The lowest BCUT2D eigenvalue weighted by Gasteiger charge is -2.10. The van der Waals surface area contributed by atoms with Gasteiger partial charge < -0.3 is 4.98 Å². The van der Waals surface area contributed by atoms with Gasteiger partial charge >= 0.3 is 5.69 Å². The third-order valence-electron chi connectivity index (χ3n) is 4.28. The molecule has 0 unspecified atom stereocenters. The number of benzene rings is 1. The van der Waals surface area contributed by atoms with E-state index in [2.05, 4.69) is 20.1 Å². The number of nitrogens with one attached hydrogen (secondary N) is 2. The molecule has 0 spiro atoms. The first-order chi connectivity index (χ1) is 12.4. The fraction of sp³-hybridized carbons (Fsp3) is 0.250. The van der Waals surface area contributed by atoms with Gasteiger partial charge in [-0.3, -0.25) is 9.78 Å². The van der Waals surface area contributed by atoms with Gasteiger partial charge in [-0.2, -0.15) is 5.10 Å². The minimum Gasteiger partial charge on any atom is -0.313 e. The molecule has 2 aromatic heterocycles. The summed E-state index contributed by atoms with van der Waals surface area (Å²) in [5.74, 6) is 0.623. The third-order valence-corrected chi connectivity index (χ3v) is 6.03. The molecule has 0 bridgehead atoms. The van der Waals surface area contributed by atoms with Gasteiger partial charge in [0.15, 0.2) is 21.5 Å². The predicted octanol–water partition coefficient (Wildman–Crippen LogP) is 0.348. The molecule has 1 aliphatic rings. The van der Waals surface area contributed by atoms with Gasteiger partial charge in [-0.1, -0.05) is 30.3 Å². The molecular weight excluding hydrogens is 358 g/mol. The van der Waals surface area contributed by atoms with Crippen molar-refractivity contribution in [3.63, 3.8) is 0 Å². The van der Waals surface area contributed by atoms with Gasteiger partial charge in [-0.15, -0.1) is 0 Å². The summed E-state index contributed by atoms with van der Waals surface area (Å²) in [5, 5.41) is 4.46. The smallest absolute Gasteiger partial charge is 0.313 e. The molecule has 1 aromatic carbocycles. The Bertz CT molecular complexity index is 1180. The highest BCUT2D eigenvalue weighted by atomic mass is 32.2. The molecule has 10 heteroatoms. The van der Waals surface area contributed by atoms with Crippen LogP contribution in [0, 0.1) is 0 Å². The Kier molecular flexibility index (Phi) is 3.83. The SMILES string of the molecule is O=c1[nH]cc(-c2nc(-c3ccccc3)nn2[C@H]2CCS(=O)(=O)C2)c(=O)[nH]1. The van der Waals surface area contributed by atoms with Crippen LogP contribution in [0.15, 0.2) is 46.1 Å². The van der Waals surface area contributed by atoms with Crippen molar-refractivity contribution in [2.24, 2.45) is 0 Å². The standard InChI is InChI=1S/C16H15N5O4S/c22-15-12(8-17-16(23)19-15)14-18-13(10-4-2-1-3-5-10)20-21(14)11-6-7-26(24,25)9-11/h1-5,8,11H,6-7,9H2,(H2,17,19,22,23)/t11-/m0/s1. The van der Waals surface area contributed by atoms with Crippen molar-refractivity contribution in [2.45, 2.75) is 12.5 Å². The monoisotopic (exact) mass is 373 g/mol. The molecule has 134 valence electrons. The van der Waals surface area contributed by atoms with Gasteiger partial charge in [0.2, 0.25) is 0 Å². The molecule has 0 radical (unpaired) electrons. The second-order valence-corrected chi connectivity index (χ2v) is 8.34. The number of hydrogen-bond acceptors (Lipinski definition) is 6. The van der Waals surface area contributed by atoms with E-state index in [1.165, 1.54) is 10.9 Å². The molecule has 1 aliphatic heterocycles. The number of rotatable bonds is 3. The van der Waals surface area contributed by atoms with E-state index < -0.39 is 27.1 Å². The molecule has 3 aromatic rings. The van der Waals surface area contributed by atoms with Crippen molar-refractivity contribution in [3.05, 3.63) is 57.4 Å². The summed E-state index contributed by atoms with van der Waals surface area (Å²) >= 11 is 0. The summed E-state index contributed by atoms with van der Waals surface area (Å²) in [6.45, 7) is 0. The van der Waals surface area contributed by atoms with E-state index in [1.54, 1.807) is 0 Å². The normalized spacial score (nSPS) is 18.8. The van der Waals surface area contributed by atoms with Crippen molar-refractivity contribution >= 4 is 9.84 Å². The van der Waals surface area contributed by atoms with Crippen LogP contribution in [0.4, 0.5) is 0 Å². The first kappa shape index (κ1) is 16.5. The van der Waals surface area contributed by atoms with Gasteiger partial charge in [-0.05, 0) is 6.42 Å². The largest absolute Gasteiger partial charge is 0.325 e. The van der Waals surface area contributed by atoms with Crippen LogP contribution < -0.4 is 11.2 Å². The Hall–Kier alpha value is -3.01. The topological polar surface area (TPSA) is 131 Å². The van der Waals surface area contributed by atoms with Crippen molar-refractivity contribution < 1.29 is 8.42 Å². The summed E-state index contributed by atoms with van der Waals surface area (Å²) in [6.07, 6.45) is 1.66. The Balaban J connectivity index is 1.90. The molecule has 3 heterocycles. The number of nitrogens with zero attached hydrogens (tertiary/aromatic N) is 3. The van der Waals surface area contributed by atoms with Crippen molar-refractivity contribution in [1.82, 2.24) is 24.7 Å². The molecular formula is C16H15N5O4S. The lowest BCUT2D eigenvalue weighted by atomic mass is 10.2. The second-order valence-electron chi connectivity index (χ2n) is 6.11. The molecule has 9 nitrogen and oxygen atoms in total. The number of H-pyrrole nitrogens is 2. The van der Waals surface area contributed by atoms with Gasteiger partial charge in [0.1, 0.15) is 5.56 Å². The molecule has 2 N–H and O–H groups in total. The van der Waals surface area contributed by atoms with E-state index in [9.17, 15) is 18.0 Å². The van der Waals surface area contributed by atoms with Crippen LogP contribution in [0.25, 0.3) is 22.8 Å². The van der Waals surface area contributed by atoms with Gasteiger partial charge in [0.25, 0.3) is 5.56 Å². The van der Waals surface area contributed by atoms with Crippen LogP contribution in [-0.2, 0) is 9.84 Å². The molecule has 1 saturated heterocycles. The summed E-state index contributed by atoms with van der Waals surface area (Å²) in [7, 11) is -3.15. The van der Waals surface area contributed by atoms with Crippen LogP contribution in [0.2, 0.25) is 0 Å². The third kappa shape index (κ3) is 2.99. The maximum atomic E-state index is 12.2. The molecule has 0 saturated carbocycles. The van der Waals surface area contributed by atoms with E-state index in [0.29, 0.717) is 12.2 Å². The Morgan fingerprint density at radius 2 is 1.92 bits per heavy atom. The summed E-state index contributed by atoms with van der Waals surface area (Å²) in [6, 6.07) is 8.77. The zero-order valence-electron chi connectivity index (χ0n) is 13.5. The summed E-state index contributed by atoms with van der Waals surface area (Å²) < 4.78 is 25.2. The van der Waals surface area contributed by atoms with Crippen molar-refractivity contribution in [2.75, 3.05) is 11.5 Å². The number of sulfone groups is 1. The predicted molar refractivity (Wildman–Crippen MR) is 94.4 cm³/mol. The lowest BCUT2D eigenvalue weighted by molar-refractivity contribution is 0.505. The number of aromatic nitrogens is 5. The average Bonchev–Trinajstić information content (AvgIpc) is 3.19. The van der Waals surface area contributed by atoms with E-state index in [-0.39, 0.29) is 22.9 Å². The molecule has 26 heavy (non-hydrogen) atoms. The van der Waals surface area contributed by atoms with Crippen molar-refractivity contribution in [3.8, 4) is 22.8 Å². The van der Waals surface area contributed by atoms with E-state index in [1.807, 2.05) is 30.3 Å². The summed E-state index contributed by atoms with van der Waals surface area (Å²) in [4.78, 5) is 32.5. The van der Waals surface area contributed by atoms with Crippen LogP contribution in [0.1, 0.15) is 12.5 Å². The Morgan fingerprint density at radius 1 is 1.15 bits per heavy atom. The highest BCUT2D eigenvalue weighted by Crippen LogP contribution is 2.29. The minimum atomic E-state index is -3.15. The maximum absolute atomic E-state index is 12.2. The molecule has 1 fully saturated rings. The zero-order valence-corrected chi connectivity index (χ0v) is 14.4. The summed E-state index contributed by atoms with van der Waals surface area (Å²) in [5.41, 5.74) is -0.364. The minimum absolute atomic E-state index is 0.0567. The number of aromatic amines is 2. The lowest BCUT2D eigenvalue weighted by Crippen LogP contribution is -2.24. The quantitative estimate of drug-likeness (QED) is 0.681. The first-order valence-electron chi connectivity index (χ1n) is 7.98. The molecule has 0 aliphatic carbocycles. The Morgan fingerprint density at radius 3 is 2.58 bits per heavy atom. The first-order valence-corrected chi connectivity index (χ1v) is 9.80. The van der Waals surface area contributed by atoms with Crippen LogP contribution >= 0.6 is 0 Å². The highest BCUT2D eigenvalue weighted by molar-refractivity contribution is 7.91. The maximum Gasteiger partial charge on any atom is 0.325 e. The van der Waals surface area contributed by atoms with Crippen LogP contribution in [0.3, 0.4) is 0 Å². The molecule has 1 atom stereocenters. The molecule has 0 amide bonds. The fourth-order valence-electron chi connectivity index (χ4n) is 3.02. The van der Waals surface area contributed by atoms with Crippen LogP contribution in [-0.4, -0.2) is 44.7 Å². The van der Waals surface area contributed by atoms with Crippen molar-refractivity contribution in [1.29, 1.82) is 0 Å². The van der Waals surface area contributed by atoms with Gasteiger partial charge in [-0.25, -0.2) is 22.9 Å². The average molecular weight is 373 g/mol. The zero-order chi connectivity index (χ0) is 18.3. The number of hydrogen-bond donors (Lipinski definition) is 2. The molecule has 4 rings (SSSR count). The Labute approximate surface area is 147 Å². The highest BCUT2D eigenvalue weighted by Gasteiger charge is 2.32. The van der Waals surface area contributed by atoms with Crippen LogP contribution in [0.5, 0.6) is 0 Å². The van der Waals surface area contributed by atoms with Gasteiger partial charge in [0, 0.05) is 11.8 Å². The van der Waals surface area contributed by atoms with Gasteiger partial charge in [0.05, 0.1) is 17.5 Å². The van der Waals surface area contributed by atoms with E-state index in [0.717, 1.165) is 5.56 Å².